The smallest absolute Gasteiger partial charge is 0.255 e. The van der Waals surface area contributed by atoms with E-state index in [0.29, 0.717) is 11.3 Å². The Labute approximate surface area is 141 Å². The molecule has 3 nitrogen and oxygen atoms in total. The van der Waals surface area contributed by atoms with Gasteiger partial charge in [0, 0.05) is 16.8 Å². The number of amides is 1. The van der Waals surface area contributed by atoms with Crippen LogP contribution in [-0.2, 0) is 0 Å². The molecular formula is C21H19NO2. The van der Waals surface area contributed by atoms with Crippen molar-refractivity contribution < 1.29 is 9.53 Å². The van der Waals surface area contributed by atoms with Crippen molar-refractivity contribution in [3.63, 3.8) is 0 Å². The van der Waals surface area contributed by atoms with E-state index in [1.165, 1.54) is 0 Å². The van der Waals surface area contributed by atoms with Gasteiger partial charge in [0.15, 0.2) is 0 Å². The van der Waals surface area contributed by atoms with E-state index < -0.39 is 0 Å². The van der Waals surface area contributed by atoms with E-state index in [0.717, 1.165) is 22.4 Å². The lowest BCUT2D eigenvalue weighted by atomic mass is 10.0. The normalized spacial score (nSPS) is 10.2. The van der Waals surface area contributed by atoms with Crippen molar-refractivity contribution in [2.75, 3.05) is 12.4 Å². The Morgan fingerprint density at radius 2 is 1.62 bits per heavy atom. The molecule has 0 aliphatic heterocycles. The van der Waals surface area contributed by atoms with Crippen LogP contribution in [0.2, 0.25) is 0 Å². The zero-order chi connectivity index (χ0) is 16.9. The molecular weight excluding hydrogens is 298 g/mol. The van der Waals surface area contributed by atoms with Crippen molar-refractivity contribution in [2.45, 2.75) is 6.92 Å². The second-order valence-electron chi connectivity index (χ2n) is 5.55. The Morgan fingerprint density at radius 3 is 2.38 bits per heavy atom. The van der Waals surface area contributed by atoms with Crippen LogP contribution in [0.25, 0.3) is 11.1 Å². The first-order valence-corrected chi connectivity index (χ1v) is 7.79. The monoisotopic (exact) mass is 317 g/mol. The first-order chi connectivity index (χ1) is 11.7. The van der Waals surface area contributed by atoms with E-state index in [4.69, 9.17) is 4.74 Å². The van der Waals surface area contributed by atoms with E-state index in [1.54, 1.807) is 19.2 Å². The summed E-state index contributed by atoms with van der Waals surface area (Å²) in [5, 5.41) is 3.00. The molecule has 0 aliphatic carbocycles. The maximum atomic E-state index is 12.6. The van der Waals surface area contributed by atoms with Crippen LogP contribution in [0.4, 0.5) is 5.69 Å². The number of para-hydroxylation sites is 1. The fourth-order valence-electron chi connectivity index (χ4n) is 2.62. The summed E-state index contributed by atoms with van der Waals surface area (Å²) < 4.78 is 5.30. The minimum Gasteiger partial charge on any atom is -0.496 e. The Hall–Kier alpha value is -3.07. The van der Waals surface area contributed by atoms with Crippen LogP contribution >= 0.6 is 0 Å². The predicted molar refractivity (Wildman–Crippen MR) is 97.6 cm³/mol. The number of anilines is 1. The quantitative estimate of drug-likeness (QED) is 0.741. The van der Waals surface area contributed by atoms with Gasteiger partial charge in [-0.15, -0.1) is 0 Å². The molecule has 3 rings (SSSR count). The number of hydrogen-bond acceptors (Lipinski definition) is 2. The number of ether oxygens (including phenoxy) is 1. The van der Waals surface area contributed by atoms with Crippen molar-refractivity contribution in [3.05, 3.63) is 83.9 Å². The Balaban J connectivity index is 1.91. The van der Waals surface area contributed by atoms with Gasteiger partial charge in [0.1, 0.15) is 5.75 Å². The van der Waals surface area contributed by atoms with Gasteiger partial charge in [0.2, 0.25) is 0 Å². The minimum absolute atomic E-state index is 0.156. The van der Waals surface area contributed by atoms with Crippen molar-refractivity contribution in [2.24, 2.45) is 0 Å². The summed E-state index contributed by atoms with van der Waals surface area (Å²) in [7, 11) is 1.61. The first-order valence-electron chi connectivity index (χ1n) is 7.79. The van der Waals surface area contributed by atoms with Gasteiger partial charge in [0.05, 0.1) is 7.11 Å². The Bertz CT molecular complexity index is 857. The topological polar surface area (TPSA) is 38.3 Å². The molecule has 24 heavy (non-hydrogen) atoms. The van der Waals surface area contributed by atoms with Gasteiger partial charge < -0.3 is 10.1 Å². The van der Waals surface area contributed by atoms with Gasteiger partial charge in [-0.3, -0.25) is 4.79 Å². The number of rotatable bonds is 4. The third-order valence-corrected chi connectivity index (χ3v) is 3.93. The summed E-state index contributed by atoms with van der Waals surface area (Å²) in [5.74, 6) is 0.552. The summed E-state index contributed by atoms with van der Waals surface area (Å²) >= 11 is 0. The molecule has 120 valence electrons. The number of hydrogen-bond donors (Lipinski definition) is 1. The predicted octanol–water partition coefficient (Wildman–Crippen LogP) is 4.92. The van der Waals surface area contributed by atoms with E-state index in [9.17, 15) is 4.79 Å². The first kappa shape index (κ1) is 15.8. The van der Waals surface area contributed by atoms with Crippen LogP contribution in [0.3, 0.4) is 0 Å². The summed E-state index contributed by atoms with van der Waals surface area (Å²) in [6.07, 6.45) is 0. The van der Waals surface area contributed by atoms with Crippen LogP contribution in [-0.4, -0.2) is 13.0 Å². The molecule has 0 heterocycles. The zero-order valence-corrected chi connectivity index (χ0v) is 13.7. The second-order valence-corrected chi connectivity index (χ2v) is 5.55. The van der Waals surface area contributed by atoms with E-state index in [-0.39, 0.29) is 5.91 Å². The van der Waals surface area contributed by atoms with Crippen LogP contribution in [0, 0.1) is 6.92 Å². The molecule has 1 N–H and O–H groups in total. The molecule has 0 aromatic heterocycles. The molecule has 0 atom stereocenters. The molecule has 0 saturated heterocycles. The van der Waals surface area contributed by atoms with Crippen molar-refractivity contribution in [1.29, 1.82) is 0 Å². The highest BCUT2D eigenvalue weighted by Crippen LogP contribution is 2.28. The zero-order valence-electron chi connectivity index (χ0n) is 13.7. The second kappa shape index (κ2) is 7.01. The average molecular weight is 317 g/mol. The molecule has 0 unspecified atom stereocenters. The van der Waals surface area contributed by atoms with E-state index in [2.05, 4.69) is 5.32 Å². The Morgan fingerprint density at radius 1 is 0.917 bits per heavy atom. The standard InChI is InChI=1S/C21H19NO2/c1-15-12-13-17(14-20(15)24-2)21(23)22-19-11-7-6-10-18(19)16-8-4-3-5-9-16/h3-14H,1-2H3,(H,22,23). The molecule has 0 fully saturated rings. The lowest BCUT2D eigenvalue weighted by Gasteiger charge is -2.12. The summed E-state index contributed by atoms with van der Waals surface area (Å²) in [5.41, 5.74) is 4.41. The number of carbonyl (C=O) groups excluding carboxylic acids is 1. The maximum absolute atomic E-state index is 12.6. The highest BCUT2D eigenvalue weighted by molar-refractivity contribution is 6.06. The van der Waals surface area contributed by atoms with Gasteiger partial charge in [-0.05, 0) is 36.2 Å². The molecule has 3 aromatic carbocycles. The van der Waals surface area contributed by atoms with E-state index >= 15 is 0 Å². The molecule has 0 aliphatic rings. The maximum Gasteiger partial charge on any atom is 0.255 e. The van der Waals surface area contributed by atoms with E-state index in [1.807, 2.05) is 67.6 Å². The SMILES string of the molecule is COc1cc(C(=O)Nc2ccccc2-c2ccccc2)ccc1C. The fourth-order valence-corrected chi connectivity index (χ4v) is 2.62. The molecule has 3 aromatic rings. The van der Waals surface area contributed by atoms with Crippen LogP contribution in [0.15, 0.2) is 72.8 Å². The van der Waals surface area contributed by atoms with Gasteiger partial charge in [-0.2, -0.15) is 0 Å². The third kappa shape index (κ3) is 3.30. The molecule has 1 amide bonds. The lowest BCUT2D eigenvalue weighted by molar-refractivity contribution is 0.102. The molecule has 0 radical (unpaired) electrons. The molecule has 3 heteroatoms. The number of nitrogens with one attached hydrogen (secondary N) is 1. The summed E-state index contributed by atoms with van der Waals surface area (Å²) in [6, 6.07) is 23.2. The molecule has 0 spiro atoms. The van der Waals surface area contributed by atoms with Gasteiger partial charge in [-0.1, -0.05) is 54.6 Å². The summed E-state index contributed by atoms with van der Waals surface area (Å²) in [4.78, 5) is 12.6. The van der Waals surface area contributed by atoms with Crippen LogP contribution < -0.4 is 10.1 Å². The van der Waals surface area contributed by atoms with Gasteiger partial charge in [-0.25, -0.2) is 0 Å². The lowest BCUT2D eigenvalue weighted by Crippen LogP contribution is -2.12. The third-order valence-electron chi connectivity index (χ3n) is 3.93. The molecule has 0 saturated carbocycles. The highest BCUT2D eigenvalue weighted by Gasteiger charge is 2.11. The summed E-state index contributed by atoms with van der Waals surface area (Å²) in [6.45, 7) is 1.95. The Kier molecular flexibility index (Phi) is 4.62. The number of methoxy groups -OCH3 is 1. The van der Waals surface area contributed by atoms with Gasteiger partial charge >= 0.3 is 0 Å². The number of carbonyl (C=O) groups is 1. The van der Waals surface area contributed by atoms with Gasteiger partial charge in [0.25, 0.3) is 5.91 Å². The minimum atomic E-state index is -0.156. The van der Waals surface area contributed by atoms with Crippen LogP contribution in [0.5, 0.6) is 5.75 Å². The molecule has 0 bridgehead atoms. The average Bonchev–Trinajstić information content (AvgIpc) is 2.63. The van der Waals surface area contributed by atoms with Crippen LogP contribution in [0.1, 0.15) is 15.9 Å². The number of benzene rings is 3. The van der Waals surface area contributed by atoms with Crippen molar-refractivity contribution in [3.8, 4) is 16.9 Å². The largest absolute Gasteiger partial charge is 0.496 e. The number of aryl methyl sites for hydroxylation is 1. The van der Waals surface area contributed by atoms with Crippen molar-refractivity contribution >= 4 is 11.6 Å². The highest BCUT2D eigenvalue weighted by atomic mass is 16.5. The fraction of sp³-hybridized carbons (Fsp3) is 0.0952. The van der Waals surface area contributed by atoms with Crippen molar-refractivity contribution in [1.82, 2.24) is 0 Å².